The van der Waals surface area contributed by atoms with Crippen LogP contribution in [-0.2, 0) is 16.6 Å². The number of sulfonamides is 1. The Morgan fingerprint density at radius 3 is 3.04 bits per heavy atom. The molecular formula is C14H17N5O3S. The van der Waals surface area contributed by atoms with Crippen LogP contribution in [0.4, 0.5) is 0 Å². The first-order valence-corrected chi connectivity index (χ1v) is 9.31. The van der Waals surface area contributed by atoms with E-state index in [0.29, 0.717) is 24.3 Å². The number of hydrogen-bond donors (Lipinski definition) is 2. The third kappa shape index (κ3) is 2.27. The van der Waals surface area contributed by atoms with E-state index < -0.39 is 10.0 Å². The van der Waals surface area contributed by atoms with Crippen LogP contribution >= 0.6 is 0 Å². The maximum atomic E-state index is 12.3. The quantitative estimate of drug-likeness (QED) is 0.732. The minimum atomic E-state index is -3.26. The molecule has 0 saturated carbocycles. The molecule has 9 heteroatoms. The van der Waals surface area contributed by atoms with Gasteiger partial charge in [-0.3, -0.25) is 4.57 Å². The number of nitrogens with zero attached hydrogens (tertiary/aromatic N) is 3. The summed E-state index contributed by atoms with van der Waals surface area (Å²) in [6.45, 7) is 0.859. The topological polar surface area (TPSA) is 104 Å². The van der Waals surface area contributed by atoms with E-state index >= 15 is 0 Å². The Morgan fingerprint density at radius 2 is 2.26 bits per heavy atom. The van der Waals surface area contributed by atoms with Crippen molar-refractivity contribution >= 4 is 32.1 Å². The van der Waals surface area contributed by atoms with Crippen LogP contribution in [0.2, 0.25) is 0 Å². The Morgan fingerprint density at radius 1 is 1.43 bits per heavy atom. The van der Waals surface area contributed by atoms with Crippen LogP contribution in [0, 0.1) is 0 Å². The fourth-order valence-corrected chi connectivity index (χ4v) is 4.65. The van der Waals surface area contributed by atoms with E-state index in [-0.39, 0.29) is 11.7 Å². The highest BCUT2D eigenvalue weighted by Crippen LogP contribution is 2.25. The second-order valence-corrected chi connectivity index (χ2v) is 7.91. The molecule has 3 aromatic rings. The van der Waals surface area contributed by atoms with Crippen molar-refractivity contribution in [3.63, 3.8) is 0 Å². The fraction of sp³-hybridized carbons (Fsp3) is 0.429. The maximum Gasteiger partial charge on any atom is 0.326 e. The van der Waals surface area contributed by atoms with Crippen LogP contribution < -0.4 is 5.69 Å². The lowest BCUT2D eigenvalue weighted by Gasteiger charge is -2.22. The summed E-state index contributed by atoms with van der Waals surface area (Å²) >= 11 is 0. The highest BCUT2D eigenvalue weighted by atomic mass is 32.2. The van der Waals surface area contributed by atoms with Gasteiger partial charge in [-0.1, -0.05) is 0 Å². The number of pyridine rings is 1. The van der Waals surface area contributed by atoms with E-state index in [0.717, 1.165) is 23.7 Å². The van der Waals surface area contributed by atoms with Gasteiger partial charge in [-0.2, -0.15) is 4.31 Å². The van der Waals surface area contributed by atoms with Gasteiger partial charge in [0.1, 0.15) is 5.65 Å². The Balaban J connectivity index is 1.84. The predicted molar refractivity (Wildman–Crippen MR) is 86.8 cm³/mol. The van der Waals surface area contributed by atoms with Crippen LogP contribution in [0.1, 0.15) is 12.8 Å². The first-order valence-electron chi connectivity index (χ1n) is 7.46. The molecule has 0 radical (unpaired) electrons. The van der Waals surface area contributed by atoms with Gasteiger partial charge in [0, 0.05) is 30.7 Å². The molecule has 4 heterocycles. The minimum Gasteiger partial charge on any atom is -0.346 e. The van der Waals surface area contributed by atoms with Crippen LogP contribution in [0.25, 0.3) is 22.1 Å². The number of fused-ring (bicyclic) bond motifs is 3. The van der Waals surface area contributed by atoms with E-state index in [9.17, 15) is 13.2 Å². The zero-order valence-corrected chi connectivity index (χ0v) is 13.4. The zero-order chi connectivity index (χ0) is 16.2. The van der Waals surface area contributed by atoms with Gasteiger partial charge < -0.3 is 9.97 Å². The molecule has 0 aromatic carbocycles. The van der Waals surface area contributed by atoms with E-state index in [4.69, 9.17) is 0 Å². The molecule has 1 fully saturated rings. The van der Waals surface area contributed by atoms with Crippen LogP contribution in [0.15, 0.2) is 23.3 Å². The number of aromatic amines is 2. The van der Waals surface area contributed by atoms with Crippen LogP contribution in [-0.4, -0.2) is 51.1 Å². The van der Waals surface area contributed by atoms with E-state index in [1.807, 2.05) is 6.07 Å². The van der Waals surface area contributed by atoms with Crippen molar-refractivity contribution in [3.05, 3.63) is 28.9 Å². The number of aromatic nitrogens is 4. The molecular weight excluding hydrogens is 318 g/mol. The third-order valence-electron chi connectivity index (χ3n) is 4.46. The summed E-state index contributed by atoms with van der Waals surface area (Å²) < 4.78 is 26.9. The maximum absolute atomic E-state index is 12.3. The summed E-state index contributed by atoms with van der Waals surface area (Å²) in [6.07, 6.45) is 6.19. The molecule has 3 aromatic heterocycles. The molecule has 23 heavy (non-hydrogen) atoms. The Labute approximate surface area is 132 Å². The Hall–Kier alpha value is -2.13. The van der Waals surface area contributed by atoms with Crippen molar-refractivity contribution in [1.29, 1.82) is 0 Å². The molecule has 0 amide bonds. The molecule has 1 unspecified atom stereocenters. The highest BCUT2D eigenvalue weighted by molar-refractivity contribution is 7.88. The summed E-state index contributed by atoms with van der Waals surface area (Å²) in [5.41, 5.74) is 1.89. The number of nitrogens with one attached hydrogen (secondary N) is 2. The van der Waals surface area contributed by atoms with Crippen molar-refractivity contribution < 1.29 is 8.42 Å². The number of rotatable bonds is 3. The lowest BCUT2D eigenvalue weighted by Crippen LogP contribution is -2.39. The minimum absolute atomic E-state index is 0.191. The van der Waals surface area contributed by atoms with Gasteiger partial charge in [0.15, 0.2) is 0 Å². The molecule has 0 aliphatic carbocycles. The van der Waals surface area contributed by atoms with Crippen molar-refractivity contribution in [1.82, 2.24) is 23.8 Å². The van der Waals surface area contributed by atoms with Gasteiger partial charge >= 0.3 is 5.69 Å². The third-order valence-corrected chi connectivity index (χ3v) is 5.79. The van der Waals surface area contributed by atoms with Crippen LogP contribution in [0.5, 0.6) is 0 Å². The van der Waals surface area contributed by atoms with Crippen molar-refractivity contribution in [3.8, 4) is 0 Å². The summed E-state index contributed by atoms with van der Waals surface area (Å²) in [4.78, 5) is 22.4. The van der Waals surface area contributed by atoms with E-state index in [2.05, 4.69) is 15.0 Å². The zero-order valence-electron chi connectivity index (χ0n) is 12.6. The van der Waals surface area contributed by atoms with E-state index in [1.165, 1.54) is 10.6 Å². The molecule has 122 valence electrons. The summed E-state index contributed by atoms with van der Waals surface area (Å²) in [5.74, 6) is 0. The van der Waals surface area contributed by atoms with Crippen molar-refractivity contribution in [2.45, 2.75) is 25.4 Å². The van der Waals surface area contributed by atoms with Crippen LogP contribution in [0.3, 0.4) is 0 Å². The average molecular weight is 335 g/mol. The van der Waals surface area contributed by atoms with Gasteiger partial charge in [-0.15, -0.1) is 0 Å². The molecule has 8 nitrogen and oxygen atoms in total. The lowest BCUT2D eigenvalue weighted by molar-refractivity contribution is 0.355. The van der Waals surface area contributed by atoms with Gasteiger partial charge in [0.25, 0.3) is 0 Å². The first kappa shape index (κ1) is 14.5. The van der Waals surface area contributed by atoms with Crippen molar-refractivity contribution in [2.24, 2.45) is 0 Å². The molecule has 4 rings (SSSR count). The molecule has 1 aliphatic rings. The van der Waals surface area contributed by atoms with Crippen molar-refractivity contribution in [2.75, 3.05) is 12.8 Å². The number of H-pyrrole nitrogens is 2. The largest absolute Gasteiger partial charge is 0.346 e. The molecule has 0 spiro atoms. The normalized spacial score (nSPS) is 20.0. The molecule has 1 saturated heterocycles. The molecule has 0 bridgehead atoms. The van der Waals surface area contributed by atoms with E-state index in [1.54, 1.807) is 17.0 Å². The number of hydrogen-bond acceptors (Lipinski definition) is 4. The standard InChI is InChI=1S/C14H17N5O3S/c1-23(21,22)19-6-2-3-9(19)8-18-12-10-4-5-15-13(10)16-7-11(12)17-14(18)20/h4-5,7,9H,2-3,6,8H2,1H3,(H,15,16)(H,17,20). The second kappa shape index (κ2) is 4.93. The van der Waals surface area contributed by atoms with Gasteiger partial charge in [-0.05, 0) is 18.9 Å². The SMILES string of the molecule is CS(=O)(=O)N1CCCC1Cn1c(=O)[nH]c2cnc3[nH]ccc3c21. The smallest absolute Gasteiger partial charge is 0.326 e. The molecule has 1 atom stereocenters. The summed E-state index contributed by atoms with van der Waals surface area (Å²) in [7, 11) is -3.26. The first-order chi connectivity index (χ1) is 10.9. The molecule has 2 N–H and O–H groups in total. The van der Waals surface area contributed by atoms with Gasteiger partial charge in [-0.25, -0.2) is 18.2 Å². The Bertz CT molecular complexity index is 1050. The monoisotopic (exact) mass is 335 g/mol. The summed E-state index contributed by atoms with van der Waals surface area (Å²) in [5, 5.41) is 0.852. The predicted octanol–water partition coefficient (Wildman–Crippen LogP) is 0.630. The lowest BCUT2D eigenvalue weighted by atomic mass is 10.2. The second-order valence-electron chi connectivity index (χ2n) is 5.97. The average Bonchev–Trinajstić information content (AvgIpc) is 3.17. The highest BCUT2D eigenvalue weighted by Gasteiger charge is 2.32. The van der Waals surface area contributed by atoms with Gasteiger partial charge in [0.05, 0.1) is 23.5 Å². The number of imidazole rings is 1. The summed E-state index contributed by atoms with van der Waals surface area (Å²) in [6, 6.07) is 1.68. The fourth-order valence-electron chi connectivity index (χ4n) is 3.47. The molecule has 1 aliphatic heterocycles. The van der Waals surface area contributed by atoms with Gasteiger partial charge in [0.2, 0.25) is 10.0 Å². The Kier molecular flexibility index (Phi) is 3.10.